The first kappa shape index (κ1) is 17.9. The largest absolute Gasteiger partial charge is 0.506 e. The van der Waals surface area contributed by atoms with Crippen LogP contribution in [0.3, 0.4) is 0 Å². The summed E-state index contributed by atoms with van der Waals surface area (Å²) in [6.07, 6.45) is 0. The molecule has 0 aliphatic carbocycles. The predicted molar refractivity (Wildman–Crippen MR) is 100 cm³/mol. The van der Waals surface area contributed by atoms with Gasteiger partial charge in [0.2, 0.25) is 0 Å². The van der Waals surface area contributed by atoms with E-state index in [2.05, 4.69) is 5.32 Å². The molecule has 0 heterocycles. The number of aromatic hydroxyl groups is 1. The molecule has 5 nitrogen and oxygen atoms in total. The Bertz CT molecular complexity index is 775. The number of hydrazine groups is 1. The quantitative estimate of drug-likeness (QED) is 0.256. The Morgan fingerprint density at radius 3 is 2.12 bits per heavy atom. The number of hydrogen-bond donors (Lipinski definition) is 3. The Morgan fingerprint density at radius 2 is 1.58 bits per heavy atom. The number of rotatable bonds is 2. The van der Waals surface area contributed by atoms with E-state index in [0.717, 1.165) is 27.3 Å². The molecule has 4 N–H and O–H groups in total. The van der Waals surface area contributed by atoms with Crippen molar-refractivity contribution in [1.29, 1.82) is 0 Å². The van der Waals surface area contributed by atoms with Crippen molar-refractivity contribution >= 4 is 28.9 Å². The summed E-state index contributed by atoms with van der Waals surface area (Å²) < 4.78 is 0. The summed E-state index contributed by atoms with van der Waals surface area (Å²) in [6.45, 7) is 7.54. The van der Waals surface area contributed by atoms with Gasteiger partial charge in [0.25, 0.3) is 5.91 Å². The van der Waals surface area contributed by atoms with Crippen LogP contribution in [0.25, 0.3) is 0 Å². The molecule has 0 aliphatic heterocycles. The van der Waals surface area contributed by atoms with Gasteiger partial charge in [0, 0.05) is 5.56 Å². The van der Waals surface area contributed by atoms with E-state index >= 15 is 0 Å². The highest BCUT2D eigenvalue weighted by molar-refractivity contribution is 7.80. The van der Waals surface area contributed by atoms with E-state index in [4.69, 9.17) is 18.1 Å². The number of carbonyl (C=O) groups excluding carboxylic acids is 1. The third-order valence-electron chi connectivity index (χ3n) is 3.60. The molecular formula is C18H21N3O2S. The van der Waals surface area contributed by atoms with Crippen LogP contribution in [0.2, 0.25) is 0 Å². The van der Waals surface area contributed by atoms with E-state index in [1.165, 1.54) is 0 Å². The minimum absolute atomic E-state index is 0.0152. The van der Waals surface area contributed by atoms with Crippen LogP contribution in [0.15, 0.2) is 30.3 Å². The molecule has 2 aromatic carbocycles. The Morgan fingerprint density at radius 1 is 1.04 bits per heavy atom. The van der Waals surface area contributed by atoms with Gasteiger partial charge in [-0.15, -0.1) is 0 Å². The lowest BCUT2D eigenvalue weighted by atomic mass is 10.1. The fourth-order valence-electron chi connectivity index (χ4n) is 2.60. The number of nitrogens with one attached hydrogen (secondary N) is 1. The van der Waals surface area contributed by atoms with Crippen molar-refractivity contribution in [2.75, 3.05) is 5.32 Å². The van der Waals surface area contributed by atoms with Crippen molar-refractivity contribution in [2.45, 2.75) is 27.7 Å². The second-order valence-corrected chi connectivity index (χ2v) is 6.34. The van der Waals surface area contributed by atoms with Crippen LogP contribution in [0.4, 0.5) is 5.69 Å². The van der Waals surface area contributed by atoms with Crippen LogP contribution >= 0.6 is 12.2 Å². The van der Waals surface area contributed by atoms with Gasteiger partial charge in [0.05, 0.1) is 5.69 Å². The minimum Gasteiger partial charge on any atom is -0.506 e. The molecule has 0 aromatic heterocycles. The van der Waals surface area contributed by atoms with Crippen LogP contribution in [-0.4, -0.2) is 21.1 Å². The first-order valence-electron chi connectivity index (χ1n) is 7.47. The lowest BCUT2D eigenvalue weighted by Crippen LogP contribution is -2.45. The zero-order valence-corrected chi connectivity index (χ0v) is 15.0. The molecule has 6 heteroatoms. The van der Waals surface area contributed by atoms with Crippen molar-refractivity contribution in [3.8, 4) is 5.75 Å². The van der Waals surface area contributed by atoms with Crippen LogP contribution in [0.5, 0.6) is 5.75 Å². The van der Waals surface area contributed by atoms with Crippen LogP contribution in [0.1, 0.15) is 32.6 Å². The van der Waals surface area contributed by atoms with Gasteiger partial charge in [-0.05, 0) is 69.2 Å². The van der Waals surface area contributed by atoms with E-state index in [-0.39, 0.29) is 10.9 Å². The van der Waals surface area contributed by atoms with Gasteiger partial charge in [-0.3, -0.25) is 4.79 Å². The molecule has 0 atom stereocenters. The van der Waals surface area contributed by atoms with Gasteiger partial charge < -0.3 is 10.4 Å². The Hall–Kier alpha value is -2.44. The summed E-state index contributed by atoms with van der Waals surface area (Å²) in [5.41, 5.74) is 4.58. The van der Waals surface area contributed by atoms with E-state index in [1.807, 2.05) is 39.8 Å². The average Bonchev–Trinajstić information content (AvgIpc) is 2.48. The van der Waals surface area contributed by atoms with Gasteiger partial charge in [-0.25, -0.2) is 10.9 Å². The molecule has 0 unspecified atom stereocenters. The molecule has 24 heavy (non-hydrogen) atoms. The van der Waals surface area contributed by atoms with Crippen molar-refractivity contribution in [1.82, 2.24) is 5.01 Å². The molecule has 2 aromatic rings. The monoisotopic (exact) mass is 343 g/mol. The average molecular weight is 343 g/mol. The minimum atomic E-state index is -0.413. The SMILES string of the molecule is Cc1cc(C)cc(C(=O)N(N)C(=S)Nc2c(C)cc(C)cc2O)c1. The van der Waals surface area contributed by atoms with Gasteiger partial charge in [0.15, 0.2) is 5.11 Å². The second-order valence-electron chi connectivity index (χ2n) is 5.96. The highest BCUT2D eigenvalue weighted by Gasteiger charge is 2.19. The van der Waals surface area contributed by atoms with Gasteiger partial charge in [-0.2, -0.15) is 0 Å². The first-order chi connectivity index (χ1) is 11.2. The summed E-state index contributed by atoms with van der Waals surface area (Å²) in [4.78, 5) is 12.5. The maximum Gasteiger partial charge on any atom is 0.274 e. The number of nitrogens with two attached hydrogens (primary N) is 1. The second kappa shape index (κ2) is 6.98. The Kier molecular flexibility index (Phi) is 5.21. The smallest absolute Gasteiger partial charge is 0.274 e. The number of hydrogen-bond acceptors (Lipinski definition) is 4. The highest BCUT2D eigenvalue weighted by Crippen LogP contribution is 2.28. The molecule has 2 rings (SSSR count). The molecule has 126 valence electrons. The molecule has 1 amide bonds. The fraction of sp³-hybridized carbons (Fsp3) is 0.222. The van der Waals surface area contributed by atoms with Crippen molar-refractivity contribution in [2.24, 2.45) is 5.84 Å². The maximum absolute atomic E-state index is 12.5. The van der Waals surface area contributed by atoms with Gasteiger partial charge >= 0.3 is 0 Å². The molecule has 0 spiro atoms. The Balaban J connectivity index is 2.22. The summed E-state index contributed by atoms with van der Waals surface area (Å²) in [6, 6.07) is 9.00. The number of phenols is 1. The van der Waals surface area contributed by atoms with Crippen LogP contribution < -0.4 is 11.2 Å². The first-order valence-corrected chi connectivity index (χ1v) is 7.88. The molecule has 0 bridgehead atoms. The Labute approximate surface area is 147 Å². The lowest BCUT2D eigenvalue weighted by Gasteiger charge is -2.20. The molecule has 0 aliphatic rings. The zero-order chi connectivity index (χ0) is 18.0. The van der Waals surface area contributed by atoms with Crippen LogP contribution in [0, 0.1) is 27.7 Å². The number of anilines is 1. The standard InChI is InChI=1S/C18H21N3O2S/c1-10-5-11(2)8-14(7-10)17(23)21(19)18(24)20-16-13(4)6-12(3)9-15(16)22/h5-9,22H,19H2,1-4H3,(H,20,24). The lowest BCUT2D eigenvalue weighted by molar-refractivity contribution is 0.0849. The predicted octanol–water partition coefficient (Wildman–Crippen LogP) is 3.34. The molecule has 0 saturated heterocycles. The summed E-state index contributed by atoms with van der Waals surface area (Å²) in [5, 5.41) is 13.8. The molecule has 0 saturated carbocycles. The third-order valence-corrected chi connectivity index (χ3v) is 3.90. The molecular weight excluding hydrogens is 322 g/mol. The maximum atomic E-state index is 12.5. The summed E-state index contributed by atoms with van der Waals surface area (Å²) in [7, 11) is 0. The van der Waals surface area contributed by atoms with E-state index < -0.39 is 5.91 Å². The van der Waals surface area contributed by atoms with Crippen molar-refractivity contribution < 1.29 is 9.90 Å². The number of amides is 1. The topological polar surface area (TPSA) is 78.6 Å². The molecule has 0 fully saturated rings. The number of thiocarbonyl (C=S) groups is 1. The number of nitrogens with zero attached hydrogens (tertiary/aromatic N) is 1. The van der Waals surface area contributed by atoms with Gasteiger partial charge in [-0.1, -0.05) is 23.3 Å². The normalized spacial score (nSPS) is 10.4. The van der Waals surface area contributed by atoms with E-state index in [1.54, 1.807) is 18.2 Å². The van der Waals surface area contributed by atoms with Crippen molar-refractivity contribution in [3.63, 3.8) is 0 Å². The third kappa shape index (κ3) is 3.90. The number of phenolic OH excluding ortho intramolecular Hbond substituents is 1. The highest BCUT2D eigenvalue weighted by atomic mass is 32.1. The number of carbonyl (C=O) groups is 1. The van der Waals surface area contributed by atoms with Crippen LogP contribution in [-0.2, 0) is 0 Å². The van der Waals surface area contributed by atoms with Gasteiger partial charge in [0.1, 0.15) is 5.75 Å². The van der Waals surface area contributed by atoms with Crippen molar-refractivity contribution in [3.05, 3.63) is 58.1 Å². The zero-order valence-electron chi connectivity index (χ0n) is 14.2. The summed E-state index contributed by atoms with van der Waals surface area (Å²) in [5.74, 6) is 5.51. The summed E-state index contributed by atoms with van der Waals surface area (Å²) >= 11 is 5.21. The number of aryl methyl sites for hydroxylation is 4. The molecule has 0 radical (unpaired) electrons. The van der Waals surface area contributed by atoms with E-state index in [0.29, 0.717) is 11.3 Å². The van der Waals surface area contributed by atoms with E-state index in [9.17, 15) is 9.90 Å². The fourth-order valence-corrected chi connectivity index (χ4v) is 2.79. The number of benzene rings is 2.